The second-order valence-corrected chi connectivity index (χ2v) is 7.57. The molecule has 1 aromatic rings. The molecular weight excluding hydrogens is 368 g/mol. The van der Waals surface area contributed by atoms with Crippen LogP contribution in [0.1, 0.15) is 45.4 Å². The first kappa shape index (κ1) is 19.0. The van der Waals surface area contributed by atoms with Crippen molar-refractivity contribution in [3.05, 3.63) is 28.7 Å². The molecule has 0 atom stereocenters. The summed E-state index contributed by atoms with van der Waals surface area (Å²) in [6, 6.07) is 7.61. The number of unbranched alkanes of at least 4 members (excludes halogenated alkanes) is 1. The first-order valence-corrected chi connectivity index (χ1v) is 9.62. The van der Waals surface area contributed by atoms with Crippen LogP contribution in [0.4, 0.5) is 5.69 Å². The second kappa shape index (κ2) is 9.21. The maximum absolute atomic E-state index is 12.4. The molecule has 0 radical (unpaired) electrons. The zero-order valence-electron chi connectivity index (χ0n) is 14.6. The van der Waals surface area contributed by atoms with Gasteiger partial charge in [0.25, 0.3) is 0 Å². The summed E-state index contributed by atoms with van der Waals surface area (Å²) in [5.41, 5.74) is 0.820. The van der Waals surface area contributed by atoms with Crippen molar-refractivity contribution >= 4 is 33.4 Å². The van der Waals surface area contributed by atoms with Gasteiger partial charge in [0.15, 0.2) is 0 Å². The van der Waals surface area contributed by atoms with E-state index < -0.39 is 0 Å². The monoisotopic (exact) mass is 394 g/mol. The Hall–Kier alpha value is -1.36. The predicted molar refractivity (Wildman–Crippen MR) is 101 cm³/mol. The van der Waals surface area contributed by atoms with Crippen LogP contribution in [0.5, 0.6) is 0 Å². The molecule has 1 aromatic carbocycles. The van der Waals surface area contributed by atoms with E-state index in [0.717, 1.165) is 55.2 Å². The van der Waals surface area contributed by atoms with Crippen LogP contribution in [0.3, 0.4) is 0 Å². The van der Waals surface area contributed by atoms with E-state index in [0.29, 0.717) is 0 Å². The molecule has 24 heavy (non-hydrogen) atoms. The van der Waals surface area contributed by atoms with Gasteiger partial charge < -0.3 is 10.2 Å². The number of benzene rings is 1. The van der Waals surface area contributed by atoms with Crippen molar-refractivity contribution in [3.8, 4) is 0 Å². The van der Waals surface area contributed by atoms with Gasteiger partial charge in [-0.25, -0.2) is 0 Å². The molecule has 0 aromatic heterocycles. The number of carbonyl (C=O) groups is 2. The van der Waals surface area contributed by atoms with Crippen LogP contribution in [-0.2, 0) is 9.59 Å². The van der Waals surface area contributed by atoms with Crippen LogP contribution in [0.25, 0.3) is 0 Å². The van der Waals surface area contributed by atoms with Crippen LogP contribution in [-0.4, -0.2) is 30.3 Å². The van der Waals surface area contributed by atoms with E-state index in [2.05, 4.69) is 28.2 Å². The predicted octanol–water partition coefficient (Wildman–Crippen LogP) is 4.45. The van der Waals surface area contributed by atoms with E-state index in [1.54, 1.807) is 0 Å². The minimum Gasteiger partial charge on any atom is -0.346 e. The minimum absolute atomic E-state index is 0.0126. The number of amides is 2. The van der Waals surface area contributed by atoms with E-state index >= 15 is 0 Å². The molecule has 1 fully saturated rings. The number of nitrogens with one attached hydrogen (secondary N) is 1. The van der Waals surface area contributed by atoms with Crippen LogP contribution >= 0.6 is 15.9 Å². The normalized spacial score (nSPS) is 20.5. The standard InChI is InChI=1S/C19H27BrN2O2/c1-3-4-13-22(2)19(24)15-7-5-14(6-8-15)18(23)21-17-11-9-16(20)10-12-17/h9-12,14-15H,3-8,13H2,1-2H3,(H,21,23). The highest BCUT2D eigenvalue weighted by molar-refractivity contribution is 9.10. The van der Waals surface area contributed by atoms with Gasteiger partial charge in [0.1, 0.15) is 0 Å². The molecule has 1 saturated carbocycles. The maximum Gasteiger partial charge on any atom is 0.227 e. The summed E-state index contributed by atoms with van der Waals surface area (Å²) in [7, 11) is 1.89. The first-order valence-electron chi connectivity index (χ1n) is 8.82. The number of rotatable bonds is 6. The minimum atomic E-state index is 0.0126. The first-order chi connectivity index (χ1) is 11.5. The maximum atomic E-state index is 12.4. The highest BCUT2D eigenvalue weighted by atomic mass is 79.9. The lowest BCUT2D eigenvalue weighted by molar-refractivity contribution is -0.136. The molecule has 4 nitrogen and oxygen atoms in total. The number of halogens is 1. The number of hydrogen-bond donors (Lipinski definition) is 1. The van der Waals surface area contributed by atoms with E-state index in [4.69, 9.17) is 0 Å². The fourth-order valence-corrected chi connectivity index (χ4v) is 3.46. The van der Waals surface area contributed by atoms with Gasteiger partial charge in [-0.15, -0.1) is 0 Å². The Morgan fingerprint density at radius 3 is 2.29 bits per heavy atom. The molecule has 2 rings (SSSR count). The zero-order valence-corrected chi connectivity index (χ0v) is 16.1. The summed E-state index contributed by atoms with van der Waals surface area (Å²) in [5.74, 6) is 0.417. The third-order valence-corrected chi connectivity index (χ3v) is 5.31. The van der Waals surface area contributed by atoms with Crippen LogP contribution < -0.4 is 5.32 Å². The lowest BCUT2D eigenvalue weighted by atomic mass is 9.81. The van der Waals surface area contributed by atoms with Crippen molar-refractivity contribution in [2.75, 3.05) is 18.9 Å². The van der Waals surface area contributed by atoms with Crippen molar-refractivity contribution < 1.29 is 9.59 Å². The highest BCUT2D eigenvalue weighted by Crippen LogP contribution is 2.31. The molecule has 2 amide bonds. The van der Waals surface area contributed by atoms with E-state index in [-0.39, 0.29) is 23.7 Å². The van der Waals surface area contributed by atoms with Crippen LogP contribution in [0.15, 0.2) is 28.7 Å². The number of carbonyl (C=O) groups excluding carboxylic acids is 2. The Morgan fingerprint density at radius 2 is 1.71 bits per heavy atom. The summed E-state index contributed by atoms with van der Waals surface area (Å²) in [4.78, 5) is 26.7. The zero-order chi connectivity index (χ0) is 17.5. The fraction of sp³-hybridized carbons (Fsp3) is 0.579. The van der Waals surface area contributed by atoms with Crippen molar-refractivity contribution in [3.63, 3.8) is 0 Å². The molecule has 0 spiro atoms. The summed E-state index contributed by atoms with van der Waals surface area (Å²) in [6.45, 7) is 2.97. The molecule has 0 bridgehead atoms. The number of nitrogens with zero attached hydrogens (tertiary/aromatic N) is 1. The van der Waals surface area contributed by atoms with Crippen molar-refractivity contribution in [2.45, 2.75) is 45.4 Å². The molecule has 0 aliphatic heterocycles. The average molecular weight is 395 g/mol. The highest BCUT2D eigenvalue weighted by Gasteiger charge is 2.31. The molecule has 1 aliphatic carbocycles. The molecule has 132 valence electrons. The number of anilines is 1. The SMILES string of the molecule is CCCCN(C)C(=O)C1CCC(C(=O)Nc2ccc(Br)cc2)CC1. The van der Waals surface area contributed by atoms with Crippen molar-refractivity contribution in [1.29, 1.82) is 0 Å². The summed E-state index contributed by atoms with van der Waals surface area (Å²) in [5, 5.41) is 2.98. The van der Waals surface area contributed by atoms with Gasteiger partial charge in [-0.1, -0.05) is 29.3 Å². The third kappa shape index (κ3) is 5.33. The second-order valence-electron chi connectivity index (χ2n) is 6.66. The fourth-order valence-electron chi connectivity index (χ4n) is 3.20. The van der Waals surface area contributed by atoms with E-state index in [9.17, 15) is 9.59 Å². The lowest BCUT2D eigenvalue weighted by Crippen LogP contribution is -2.37. The van der Waals surface area contributed by atoms with E-state index in [1.807, 2.05) is 36.2 Å². The summed E-state index contributed by atoms with van der Waals surface area (Å²) in [6.07, 6.45) is 5.36. The molecular formula is C19H27BrN2O2. The third-order valence-electron chi connectivity index (χ3n) is 4.78. The molecule has 1 aliphatic rings. The quantitative estimate of drug-likeness (QED) is 0.774. The van der Waals surface area contributed by atoms with Crippen LogP contribution in [0.2, 0.25) is 0 Å². The molecule has 1 N–H and O–H groups in total. The molecule has 0 saturated heterocycles. The van der Waals surface area contributed by atoms with Gasteiger partial charge >= 0.3 is 0 Å². The Bertz CT molecular complexity index is 551. The number of hydrogen-bond acceptors (Lipinski definition) is 2. The molecule has 0 unspecified atom stereocenters. The van der Waals surface area contributed by atoms with Crippen LogP contribution in [0, 0.1) is 11.8 Å². The van der Waals surface area contributed by atoms with Gasteiger partial charge in [0, 0.05) is 35.6 Å². The van der Waals surface area contributed by atoms with Gasteiger partial charge in [-0.2, -0.15) is 0 Å². The van der Waals surface area contributed by atoms with Gasteiger partial charge in [-0.3, -0.25) is 9.59 Å². The van der Waals surface area contributed by atoms with Gasteiger partial charge in [0.05, 0.1) is 0 Å². The Labute approximate surface area is 153 Å². The molecule has 0 heterocycles. The van der Waals surface area contributed by atoms with Gasteiger partial charge in [0.2, 0.25) is 11.8 Å². The average Bonchev–Trinajstić information content (AvgIpc) is 2.61. The van der Waals surface area contributed by atoms with Gasteiger partial charge in [-0.05, 0) is 56.4 Å². The molecule has 5 heteroatoms. The lowest BCUT2D eigenvalue weighted by Gasteiger charge is -2.30. The summed E-state index contributed by atoms with van der Waals surface area (Å²) < 4.78 is 0.992. The topological polar surface area (TPSA) is 49.4 Å². The smallest absolute Gasteiger partial charge is 0.227 e. The summed E-state index contributed by atoms with van der Waals surface area (Å²) >= 11 is 3.39. The Kier molecular flexibility index (Phi) is 7.28. The Morgan fingerprint density at radius 1 is 1.12 bits per heavy atom. The largest absolute Gasteiger partial charge is 0.346 e. The van der Waals surface area contributed by atoms with E-state index in [1.165, 1.54) is 0 Å². The van der Waals surface area contributed by atoms with Crippen molar-refractivity contribution in [1.82, 2.24) is 4.90 Å². The Balaban J connectivity index is 1.80. The van der Waals surface area contributed by atoms with Crippen molar-refractivity contribution in [2.24, 2.45) is 11.8 Å².